The SMILES string of the molecule is Cc1ccc(N2c3ccc(-c4ccc5c(c4)C(c4ccccc4)(c4ccccc4)c4cc(-c6ccc7c(c6)C6(C)CCCCC6(C)N7c6ccc(C)cc6)c6ccccc6c4-5)cc3C3(C)CCCCC23C)cc1. The average molecular weight is 947 g/mol. The van der Waals surface area contributed by atoms with E-state index >= 15 is 0 Å². The second-order valence-corrected chi connectivity index (χ2v) is 23.6. The highest BCUT2D eigenvalue weighted by Crippen LogP contribution is 2.65. The van der Waals surface area contributed by atoms with Crippen molar-refractivity contribution in [3.05, 3.63) is 239 Å². The maximum absolute atomic E-state index is 2.71. The minimum Gasteiger partial charge on any atom is -0.334 e. The Balaban J connectivity index is 0.988. The van der Waals surface area contributed by atoms with E-state index in [2.05, 4.69) is 245 Å². The van der Waals surface area contributed by atoms with Gasteiger partial charge in [-0.2, -0.15) is 0 Å². The van der Waals surface area contributed by atoms with Gasteiger partial charge < -0.3 is 9.80 Å². The molecule has 0 amide bonds. The van der Waals surface area contributed by atoms with Crippen LogP contribution in [0.1, 0.15) is 124 Å². The monoisotopic (exact) mass is 947 g/mol. The first kappa shape index (κ1) is 44.5. The van der Waals surface area contributed by atoms with Gasteiger partial charge in [0, 0.05) is 33.6 Å². The molecule has 9 aromatic rings. The molecule has 9 aromatic carbocycles. The van der Waals surface area contributed by atoms with Crippen LogP contribution in [0.4, 0.5) is 22.7 Å². The Labute approximate surface area is 433 Å². The maximum atomic E-state index is 2.71. The number of fused-ring (bicyclic) bond motifs is 11. The van der Waals surface area contributed by atoms with E-state index in [4.69, 9.17) is 0 Å². The van der Waals surface area contributed by atoms with Crippen LogP contribution in [-0.4, -0.2) is 11.1 Å². The lowest BCUT2D eigenvalue weighted by Crippen LogP contribution is -2.54. The van der Waals surface area contributed by atoms with Gasteiger partial charge in [-0.05, 0) is 192 Å². The molecule has 0 N–H and O–H groups in total. The van der Waals surface area contributed by atoms with E-state index in [1.54, 1.807) is 0 Å². The predicted molar refractivity (Wildman–Crippen MR) is 307 cm³/mol. The molecule has 2 nitrogen and oxygen atoms in total. The largest absolute Gasteiger partial charge is 0.334 e. The smallest absolute Gasteiger partial charge is 0.0714 e. The molecule has 0 aromatic heterocycles. The zero-order chi connectivity index (χ0) is 49.5. The number of rotatable bonds is 6. The highest BCUT2D eigenvalue weighted by atomic mass is 15.3. The van der Waals surface area contributed by atoms with Crippen LogP contribution < -0.4 is 9.80 Å². The molecule has 14 rings (SSSR count). The molecule has 0 saturated heterocycles. The molecule has 4 unspecified atom stereocenters. The Kier molecular flexibility index (Phi) is 9.71. The van der Waals surface area contributed by atoms with Gasteiger partial charge in [0.15, 0.2) is 0 Å². The number of nitrogens with zero attached hydrogens (tertiary/aromatic N) is 2. The topological polar surface area (TPSA) is 6.48 Å². The van der Waals surface area contributed by atoms with Gasteiger partial charge in [-0.15, -0.1) is 0 Å². The van der Waals surface area contributed by atoms with Crippen LogP contribution in [0.25, 0.3) is 44.2 Å². The number of aryl methyl sites for hydroxylation is 2. The lowest BCUT2D eigenvalue weighted by atomic mass is 9.61. The van der Waals surface area contributed by atoms with Crippen molar-refractivity contribution in [2.24, 2.45) is 0 Å². The van der Waals surface area contributed by atoms with Gasteiger partial charge in [0.1, 0.15) is 0 Å². The molecule has 0 bridgehead atoms. The van der Waals surface area contributed by atoms with Crippen LogP contribution >= 0.6 is 0 Å². The highest BCUT2D eigenvalue weighted by Gasteiger charge is 2.59. The van der Waals surface area contributed by atoms with Gasteiger partial charge in [0.2, 0.25) is 0 Å². The first-order valence-electron chi connectivity index (χ1n) is 27.3. The van der Waals surface area contributed by atoms with E-state index in [9.17, 15) is 0 Å². The molecule has 360 valence electrons. The summed E-state index contributed by atoms with van der Waals surface area (Å²) >= 11 is 0. The zero-order valence-electron chi connectivity index (χ0n) is 43.5. The number of anilines is 4. The molecule has 2 heterocycles. The van der Waals surface area contributed by atoms with Gasteiger partial charge in [0.25, 0.3) is 0 Å². The summed E-state index contributed by atoms with van der Waals surface area (Å²) in [5, 5.41) is 2.62. The van der Waals surface area contributed by atoms with Crippen LogP contribution in [0, 0.1) is 13.8 Å². The van der Waals surface area contributed by atoms with Gasteiger partial charge >= 0.3 is 0 Å². The van der Waals surface area contributed by atoms with Crippen LogP contribution in [0.15, 0.2) is 194 Å². The predicted octanol–water partition coefficient (Wildman–Crippen LogP) is 18.6. The van der Waals surface area contributed by atoms with Gasteiger partial charge in [-0.3, -0.25) is 0 Å². The molecule has 3 aliphatic carbocycles. The first-order chi connectivity index (χ1) is 35.5. The van der Waals surface area contributed by atoms with Crippen LogP contribution in [0.3, 0.4) is 0 Å². The van der Waals surface area contributed by atoms with Crippen LogP contribution in [0.5, 0.6) is 0 Å². The Bertz CT molecular complexity index is 3630. The van der Waals surface area contributed by atoms with E-state index in [1.165, 1.54) is 163 Å². The van der Waals surface area contributed by atoms with Crippen molar-refractivity contribution in [2.45, 2.75) is 120 Å². The van der Waals surface area contributed by atoms with Gasteiger partial charge in [0.05, 0.1) is 16.5 Å². The molecule has 2 heteroatoms. The van der Waals surface area contributed by atoms with E-state index < -0.39 is 5.41 Å². The third-order valence-electron chi connectivity index (χ3n) is 20.0. The van der Waals surface area contributed by atoms with E-state index in [0.29, 0.717) is 0 Å². The average Bonchev–Trinajstić information content (AvgIpc) is 3.94. The van der Waals surface area contributed by atoms with Crippen molar-refractivity contribution < 1.29 is 0 Å². The maximum Gasteiger partial charge on any atom is 0.0714 e. The number of hydrogen-bond donors (Lipinski definition) is 0. The van der Waals surface area contributed by atoms with E-state index in [1.807, 2.05) is 0 Å². The second kappa shape index (κ2) is 15.9. The standard InChI is InChI=1S/C71H66N2/c1-47-25-32-54(33-26-47)72-64-37-30-50(44-61(64)67(3)39-15-17-41-69(67,72)5)49-29-36-58-60(43-49)71(52-19-9-7-10-20-52,53-21-11-8-12-22-53)63-46-59(56-23-13-14-24-57(56)66(58)63)51-31-38-65-62(45-51)68(4)40-16-18-42-70(68,6)73(65)55-34-27-48(2)28-35-55/h7-14,19-38,43-46H,15-18,39-42H2,1-6H3. The summed E-state index contributed by atoms with van der Waals surface area (Å²) in [5.41, 5.74) is 23.4. The van der Waals surface area contributed by atoms with Crippen molar-refractivity contribution >= 4 is 33.5 Å². The number of benzene rings is 9. The molecule has 0 spiro atoms. The molecule has 0 radical (unpaired) electrons. The zero-order valence-corrected chi connectivity index (χ0v) is 43.5. The van der Waals surface area contributed by atoms with Crippen molar-refractivity contribution in [1.29, 1.82) is 0 Å². The van der Waals surface area contributed by atoms with E-state index in [0.717, 1.165) is 0 Å². The summed E-state index contributed by atoms with van der Waals surface area (Å²) in [5.74, 6) is 0. The van der Waals surface area contributed by atoms with E-state index in [-0.39, 0.29) is 21.9 Å². The molecular formula is C71H66N2. The number of hydrogen-bond acceptors (Lipinski definition) is 2. The fourth-order valence-electron chi connectivity index (χ4n) is 15.8. The Morgan fingerprint density at radius 3 is 1.33 bits per heavy atom. The summed E-state index contributed by atoms with van der Waals surface area (Å²) < 4.78 is 0. The molecule has 2 fully saturated rings. The molecule has 73 heavy (non-hydrogen) atoms. The Hall–Kier alpha value is -7.16. The summed E-state index contributed by atoms with van der Waals surface area (Å²) in [7, 11) is 0. The third-order valence-corrected chi connectivity index (χ3v) is 20.0. The molecule has 4 atom stereocenters. The second-order valence-electron chi connectivity index (χ2n) is 23.6. The highest BCUT2D eigenvalue weighted by molar-refractivity contribution is 6.10. The van der Waals surface area contributed by atoms with Crippen LogP contribution in [0.2, 0.25) is 0 Å². The van der Waals surface area contributed by atoms with Crippen molar-refractivity contribution in [3.63, 3.8) is 0 Å². The molecule has 2 aliphatic heterocycles. The fourth-order valence-corrected chi connectivity index (χ4v) is 15.8. The lowest BCUT2D eigenvalue weighted by Gasteiger charge is -2.50. The van der Waals surface area contributed by atoms with Crippen molar-refractivity contribution in [3.8, 4) is 33.4 Å². The molecule has 2 saturated carbocycles. The van der Waals surface area contributed by atoms with Crippen molar-refractivity contribution in [1.82, 2.24) is 0 Å². The summed E-state index contributed by atoms with van der Waals surface area (Å²) in [6, 6.07) is 75.7. The quantitative estimate of drug-likeness (QED) is 0.164. The summed E-state index contributed by atoms with van der Waals surface area (Å²) in [4.78, 5) is 5.42. The molecule has 5 aliphatic rings. The van der Waals surface area contributed by atoms with Crippen molar-refractivity contribution in [2.75, 3.05) is 9.80 Å². The van der Waals surface area contributed by atoms with Gasteiger partial charge in [-0.25, -0.2) is 0 Å². The Morgan fingerprint density at radius 1 is 0.356 bits per heavy atom. The fraction of sp³-hybridized carbons (Fsp3) is 0.268. The minimum atomic E-state index is -0.582. The minimum absolute atomic E-state index is 0.00201. The lowest BCUT2D eigenvalue weighted by molar-refractivity contribution is 0.195. The normalized spacial score (nSPS) is 24.1. The first-order valence-corrected chi connectivity index (χ1v) is 27.3. The van der Waals surface area contributed by atoms with Crippen LogP contribution in [-0.2, 0) is 16.2 Å². The molecular weight excluding hydrogens is 881 g/mol. The Morgan fingerprint density at radius 2 is 0.795 bits per heavy atom. The third kappa shape index (κ3) is 5.98. The van der Waals surface area contributed by atoms with Gasteiger partial charge in [-0.1, -0.05) is 184 Å². The summed E-state index contributed by atoms with van der Waals surface area (Å²) in [6.45, 7) is 14.6. The summed E-state index contributed by atoms with van der Waals surface area (Å²) in [6.07, 6.45) is 9.77.